The Morgan fingerprint density at radius 3 is 2.06 bits per heavy atom. The van der Waals surface area contributed by atoms with Crippen LogP contribution in [0.3, 0.4) is 0 Å². The predicted molar refractivity (Wildman–Crippen MR) is 64.2 cm³/mol. The Balaban J connectivity index is 2.04. The zero-order valence-electron chi connectivity index (χ0n) is 10.8. The third-order valence-electron chi connectivity index (χ3n) is 4.84. The van der Waals surface area contributed by atoms with E-state index in [2.05, 4.69) is 0 Å². The molecule has 106 valence electrons. The molecule has 0 spiro atoms. The van der Waals surface area contributed by atoms with Crippen LogP contribution in [0.4, 0.5) is 13.2 Å². The van der Waals surface area contributed by atoms with E-state index in [0.717, 1.165) is 38.5 Å². The molecule has 2 unspecified atom stereocenters. The second-order valence-corrected chi connectivity index (χ2v) is 6.13. The lowest BCUT2D eigenvalue weighted by Gasteiger charge is -2.42. The van der Waals surface area contributed by atoms with Crippen LogP contribution < -0.4 is 0 Å². The summed E-state index contributed by atoms with van der Waals surface area (Å²) in [5.74, 6) is -1.20. The molecule has 1 nitrogen and oxygen atoms in total. The monoisotopic (exact) mass is 264 g/mol. The van der Waals surface area contributed by atoms with Crippen LogP contribution in [0.5, 0.6) is 0 Å². The van der Waals surface area contributed by atoms with Crippen molar-refractivity contribution >= 4 is 0 Å². The number of alkyl halides is 3. The Morgan fingerprint density at radius 2 is 1.50 bits per heavy atom. The molecule has 2 fully saturated rings. The van der Waals surface area contributed by atoms with Gasteiger partial charge >= 0.3 is 6.18 Å². The fourth-order valence-corrected chi connectivity index (χ4v) is 3.75. The summed E-state index contributed by atoms with van der Waals surface area (Å²) < 4.78 is 38.5. The molecule has 0 radical (unpaired) electrons. The van der Waals surface area contributed by atoms with Gasteiger partial charge in [-0.2, -0.15) is 13.2 Å². The Labute approximate surface area is 107 Å². The second kappa shape index (κ2) is 5.40. The Hall–Kier alpha value is -0.250. The first-order valence-electron chi connectivity index (χ1n) is 7.21. The molecule has 0 bridgehead atoms. The van der Waals surface area contributed by atoms with Crippen molar-refractivity contribution in [1.29, 1.82) is 0 Å². The number of halogens is 3. The number of hydrogen-bond donors (Lipinski definition) is 1. The van der Waals surface area contributed by atoms with E-state index in [0.29, 0.717) is 12.8 Å². The van der Waals surface area contributed by atoms with Gasteiger partial charge in [0.25, 0.3) is 0 Å². The minimum Gasteiger partial charge on any atom is -0.390 e. The van der Waals surface area contributed by atoms with Gasteiger partial charge in [-0.05, 0) is 44.4 Å². The van der Waals surface area contributed by atoms with E-state index < -0.39 is 17.7 Å². The average molecular weight is 264 g/mol. The van der Waals surface area contributed by atoms with Crippen molar-refractivity contribution in [3.63, 3.8) is 0 Å². The standard InChI is InChI=1S/C14H23F3O/c15-14(16,17)12-8-5-9-13(18,10-12)11-6-3-1-2-4-7-11/h11-12,18H,1-10H2. The highest BCUT2D eigenvalue weighted by Gasteiger charge is 2.49. The molecular formula is C14H23F3O. The fraction of sp³-hybridized carbons (Fsp3) is 1.00. The first kappa shape index (κ1) is 14.2. The molecule has 0 aromatic carbocycles. The Kier molecular flexibility index (Phi) is 4.25. The molecule has 0 amide bonds. The summed E-state index contributed by atoms with van der Waals surface area (Å²) in [7, 11) is 0. The van der Waals surface area contributed by atoms with Gasteiger partial charge in [0, 0.05) is 0 Å². The van der Waals surface area contributed by atoms with Crippen molar-refractivity contribution in [2.24, 2.45) is 11.8 Å². The summed E-state index contributed by atoms with van der Waals surface area (Å²) >= 11 is 0. The van der Waals surface area contributed by atoms with Crippen molar-refractivity contribution in [2.75, 3.05) is 0 Å². The Morgan fingerprint density at radius 1 is 0.889 bits per heavy atom. The smallest absolute Gasteiger partial charge is 0.390 e. The van der Waals surface area contributed by atoms with Crippen molar-refractivity contribution in [2.45, 2.75) is 76.0 Å². The molecule has 4 heteroatoms. The minimum absolute atomic E-state index is 0.0683. The van der Waals surface area contributed by atoms with Crippen LogP contribution in [-0.4, -0.2) is 16.9 Å². The summed E-state index contributed by atoms with van der Waals surface area (Å²) in [5.41, 5.74) is -1.05. The molecule has 2 aliphatic carbocycles. The van der Waals surface area contributed by atoms with Crippen LogP contribution in [0.15, 0.2) is 0 Å². The molecule has 0 aromatic rings. The van der Waals surface area contributed by atoms with E-state index in [4.69, 9.17) is 0 Å². The summed E-state index contributed by atoms with van der Waals surface area (Å²) in [4.78, 5) is 0. The zero-order valence-corrected chi connectivity index (χ0v) is 10.8. The molecular weight excluding hydrogens is 241 g/mol. The number of rotatable bonds is 1. The highest BCUT2D eigenvalue weighted by Crippen LogP contribution is 2.47. The van der Waals surface area contributed by atoms with Gasteiger partial charge in [0.05, 0.1) is 11.5 Å². The first-order chi connectivity index (χ1) is 8.42. The van der Waals surface area contributed by atoms with Crippen molar-refractivity contribution in [3.8, 4) is 0 Å². The van der Waals surface area contributed by atoms with Crippen LogP contribution in [0.2, 0.25) is 0 Å². The summed E-state index contributed by atoms with van der Waals surface area (Å²) in [6, 6.07) is 0. The lowest BCUT2D eigenvalue weighted by molar-refractivity contribution is -0.207. The van der Waals surface area contributed by atoms with Crippen LogP contribution >= 0.6 is 0 Å². The lowest BCUT2D eigenvalue weighted by Crippen LogP contribution is -2.45. The third-order valence-corrected chi connectivity index (χ3v) is 4.84. The molecule has 2 atom stereocenters. The van der Waals surface area contributed by atoms with Crippen molar-refractivity contribution in [1.82, 2.24) is 0 Å². The third kappa shape index (κ3) is 3.19. The van der Waals surface area contributed by atoms with Gasteiger partial charge in [0.2, 0.25) is 0 Å². The predicted octanol–water partition coefficient (Wildman–Crippen LogP) is 4.44. The van der Waals surface area contributed by atoms with E-state index >= 15 is 0 Å². The highest BCUT2D eigenvalue weighted by molar-refractivity contribution is 4.94. The second-order valence-electron chi connectivity index (χ2n) is 6.13. The quantitative estimate of drug-likeness (QED) is 0.694. The van der Waals surface area contributed by atoms with E-state index in [9.17, 15) is 18.3 Å². The average Bonchev–Trinajstić information content (AvgIpc) is 2.57. The molecule has 0 aromatic heterocycles. The highest BCUT2D eigenvalue weighted by atomic mass is 19.4. The van der Waals surface area contributed by atoms with E-state index in [1.807, 2.05) is 0 Å². The molecule has 2 aliphatic rings. The van der Waals surface area contributed by atoms with Gasteiger partial charge in [-0.1, -0.05) is 25.7 Å². The van der Waals surface area contributed by atoms with Crippen LogP contribution in [0.25, 0.3) is 0 Å². The fourth-order valence-electron chi connectivity index (χ4n) is 3.75. The summed E-state index contributed by atoms with van der Waals surface area (Å²) in [6.07, 6.45) is 3.31. The SMILES string of the molecule is OC1(C2CCCCCC2)CCCC(C(F)(F)F)C1. The molecule has 18 heavy (non-hydrogen) atoms. The van der Waals surface area contributed by atoms with Crippen LogP contribution in [0, 0.1) is 11.8 Å². The molecule has 1 N–H and O–H groups in total. The first-order valence-corrected chi connectivity index (χ1v) is 7.21. The molecule has 2 saturated carbocycles. The van der Waals surface area contributed by atoms with Crippen LogP contribution in [0.1, 0.15) is 64.2 Å². The Bertz CT molecular complexity index is 269. The largest absolute Gasteiger partial charge is 0.391 e. The van der Waals surface area contributed by atoms with Crippen molar-refractivity contribution < 1.29 is 18.3 Å². The lowest BCUT2D eigenvalue weighted by atomic mass is 9.69. The summed E-state index contributed by atoms with van der Waals surface area (Å²) in [5, 5.41) is 10.7. The van der Waals surface area contributed by atoms with Crippen LogP contribution in [-0.2, 0) is 0 Å². The maximum Gasteiger partial charge on any atom is 0.391 e. The van der Waals surface area contributed by atoms with Gasteiger partial charge in [0.15, 0.2) is 0 Å². The van der Waals surface area contributed by atoms with E-state index in [-0.39, 0.29) is 18.8 Å². The molecule has 2 rings (SSSR count). The van der Waals surface area contributed by atoms with Crippen molar-refractivity contribution in [3.05, 3.63) is 0 Å². The topological polar surface area (TPSA) is 20.2 Å². The zero-order chi connectivity index (χ0) is 13.2. The molecule has 0 heterocycles. The van der Waals surface area contributed by atoms with Gasteiger partial charge in [-0.15, -0.1) is 0 Å². The number of hydrogen-bond acceptors (Lipinski definition) is 1. The number of aliphatic hydroxyl groups is 1. The van der Waals surface area contributed by atoms with Gasteiger partial charge in [-0.25, -0.2) is 0 Å². The van der Waals surface area contributed by atoms with E-state index in [1.165, 1.54) is 0 Å². The molecule has 0 saturated heterocycles. The normalized spacial score (nSPS) is 36.3. The summed E-state index contributed by atoms with van der Waals surface area (Å²) in [6.45, 7) is 0. The van der Waals surface area contributed by atoms with Gasteiger partial charge in [-0.3, -0.25) is 0 Å². The maximum absolute atomic E-state index is 12.8. The maximum atomic E-state index is 12.8. The van der Waals surface area contributed by atoms with Gasteiger partial charge in [0.1, 0.15) is 0 Å². The van der Waals surface area contributed by atoms with E-state index in [1.54, 1.807) is 0 Å². The minimum atomic E-state index is -4.14. The molecule has 0 aliphatic heterocycles. The van der Waals surface area contributed by atoms with Gasteiger partial charge < -0.3 is 5.11 Å².